The van der Waals surface area contributed by atoms with Gasteiger partial charge in [-0.3, -0.25) is 9.59 Å². The summed E-state index contributed by atoms with van der Waals surface area (Å²) in [5, 5.41) is 5.51. The van der Waals surface area contributed by atoms with Crippen molar-refractivity contribution in [2.45, 2.75) is 12.8 Å². The molecular weight excluding hydrogens is 282 g/mol. The van der Waals surface area contributed by atoms with Gasteiger partial charge in [-0.2, -0.15) is 0 Å². The Morgan fingerprint density at radius 3 is 2.18 bits per heavy atom. The smallest absolute Gasteiger partial charge is 0.278 e. The first-order valence-electron chi connectivity index (χ1n) is 6.92. The molecule has 1 aromatic carbocycles. The number of carbonyl (C=O) groups excluding carboxylic acids is 2. The Morgan fingerprint density at radius 2 is 1.59 bits per heavy atom. The highest BCUT2D eigenvalue weighted by Gasteiger charge is 2.29. The van der Waals surface area contributed by atoms with E-state index in [4.69, 9.17) is 5.73 Å². The zero-order chi connectivity index (χ0) is 15.5. The molecule has 0 spiro atoms. The molecule has 1 aromatic heterocycles. The molecule has 0 saturated heterocycles. The highest BCUT2D eigenvalue weighted by atomic mass is 16.2. The summed E-state index contributed by atoms with van der Waals surface area (Å²) in [5.41, 5.74) is 6.97. The number of hydrogen-bond acceptors (Lipinski definition) is 5. The predicted octanol–water partition coefficient (Wildman–Crippen LogP) is 1.66. The second-order valence-electron chi connectivity index (χ2n) is 5.09. The molecule has 1 heterocycles. The van der Waals surface area contributed by atoms with E-state index < -0.39 is 5.91 Å². The Kier molecular flexibility index (Phi) is 3.69. The van der Waals surface area contributed by atoms with Gasteiger partial charge >= 0.3 is 0 Å². The number of benzene rings is 1. The molecule has 7 heteroatoms. The van der Waals surface area contributed by atoms with Gasteiger partial charge in [0.1, 0.15) is 0 Å². The number of aromatic nitrogens is 2. The number of rotatable bonds is 4. The van der Waals surface area contributed by atoms with Crippen LogP contribution in [-0.2, 0) is 4.79 Å². The first-order valence-corrected chi connectivity index (χ1v) is 6.92. The van der Waals surface area contributed by atoms with E-state index in [-0.39, 0.29) is 23.3 Å². The van der Waals surface area contributed by atoms with Crippen LogP contribution in [0.3, 0.4) is 0 Å². The fourth-order valence-electron chi connectivity index (χ4n) is 1.94. The van der Waals surface area contributed by atoms with E-state index in [1.807, 2.05) is 0 Å². The molecule has 22 heavy (non-hydrogen) atoms. The summed E-state index contributed by atoms with van der Waals surface area (Å²) in [6.07, 6.45) is 4.74. The molecule has 1 fully saturated rings. The molecule has 1 aliphatic rings. The second kappa shape index (κ2) is 5.80. The fourth-order valence-corrected chi connectivity index (χ4v) is 1.94. The maximum absolute atomic E-state index is 12.0. The molecule has 2 aromatic rings. The Balaban J connectivity index is 1.64. The highest BCUT2D eigenvalue weighted by Crippen LogP contribution is 2.30. The Hall–Kier alpha value is -2.96. The van der Waals surface area contributed by atoms with Crippen LogP contribution in [0.25, 0.3) is 0 Å². The number of hydrogen-bond donors (Lipinski definition) is 3. The van der Waals surface area contributed by atoms with Gasteiger partial charge in [-0.1, -0.05) is 0 Å². The zero-order valence-corrected chi connectivity index (χ0v) is 11.7. The van der Waals surface area contributed by atoms with E-state index in [2.05, 4.69) is 20.6 Å². The third-order valence-corrected chi connectivity index (χ3v) is 3.30. The van der Waals surface area contributed by atoms with Crippen molar-refractivity contribution in [1.29, 1.82) is 0 Å². The molecule has 3 rings (SSSR count). The van der Waals surface area contributed by atoms with Crippen LogP contribution in [0.1, 0.15) is 23.3 Å². The van der Waals surface area contributed by atoms with Gasteiger partial charge in [0.25, 0.3) is 5.91 Å². The average Bonchev–Trinajstić information content (AvgIpc) is 3.34. The molecule has 7 nitrogen and oxygen atoms in total. The summed E-state index contributed by atoms with van der Waals surface area (Å²) in [6, 6.07) is 6.87. The van der Waals surface area contributed by atoms with Crippen LogP contribution in [-0.4, -0.2) is 21.8 Å². The van der Waals surface area contributed by atoms with Crippen molar-refractivity contribution in [2.24, 2.45) is 5.92 Å². The molecule has 0 atom stereocenters. The lowest BCUT2D eigenvalue weighted by atomic mass is 10.2. The number of nitrogens with two attached hydrogens (primary N) is 1. The Labute approximate surface area is 127 Å². The van der Waals surface area contributed by atoms with Crippen LogP contribution in [0.15, 0.2) is 36.7 Å². The fraction of sp³-hybridized carbons (Fsp3) is 0.200. The third-order valence-electron chi connectivity index (χ3n) is 3.30. The highest BCUT2D eigenvalue weighted by molar-refractivity contribution is 6.05. The molecule has 1 aliphatic carbocycles. The van der Waals surface area contributed by atoms with Crippen LogP contribution in [0, 0.1) is 5.92 Å². The summed E-state index contributed by atoms with van der Waals surface area (Å²) in [6.45, 7) is 0. The van der Waals surface area contributed by atoms with E-state index in [1.54, 1.807) is 24.3 Å². The van der Waals surface area contributed by atoms with Gasteiger partial charge in [0.15, 0.2) is 11.5 Å². The first-order chi connectivity index (χ1) is 10.6. The SMILES string of the molecule is Nc1nccnc1C(=O)Nc1ccc(NC(=O)C2CC2)cc1. The van der Waals surface area contributed by atoms with E-state index >= 15 is 0 Å². The number of nitrogens with zero attached hydrogens (tertiary/aromatic N) is 2. The van der Waals surface area contributed by atoms with E-state index in [0.29, 0.717) is 11.4 Å². The minimum absolute atomic E-state index is 0.0455. The molecule has 0 aliphatic heterocycles. The lowest BCUT2D eigenvalue weighted by molar-refractivity contribution is -0.117. The third kappa shape index (κ3) is 3.20. The predicted molar refractivity (Wildman–Crippen MR) is 82.2 cm³/mol. The molecular formula is C15H15N5O2. The monoisotopic (exact) mass is 297 g/mol. The van der Waals surface area contributed by atoms with Crippen molar-refractivity contribution in [1.82, 2.24) is 9.97 Å². The number of carbonyl (C=O) groups is 2. The molecule has 2 amide bonds. The summed E-state index contributed by atoms with van der Waals surface area (Å²) in [4.78, 5) is 31.4. The molecule has 0 unspecified atom stereocenters. The summed E-state index contributed by atoms with van der Waals surface area (Å²) >= 11 is 0. The molecule has 0 bridgehead atoms. The van der Waals surface area contributed by atoms with E-state index in [1.165, 1.54) is 12.4 Å². The zero-order valence-electron chi connectivity index (χ0n) is 11.7. The van der Waals surface area contributed by atoms with Gasteiger partial charge in [-0.15, -0.1) is 0 Å². The maximum atomic E-state index is 12.0. The van der Waals surface area contributed by atoms with Crippen molar-refractivity contribution in [3.8, 4) is 0 Å². The van der Waals surface area contributed by atoms with Crippen molar-refractivity contribution < 1.29 is 9.59 Å². The molecule has 1 saturated carbocycles. The van der Waals surface area contributed by atoms with Crippen molar-refractivity contribution in [3.05, 3.63) is 42.4 Å². The van der Waals surface area contributed by atoms with Crippen LogP contribution in [0.5, 0.6) is 0 Å². The molecule has 112 valence electrons. The normalized spacial score (nSPS) is 13.5. The maximum Gasteiger partial charge on any atom is 0.278 e. The first kappa shape index (κ1) is 14.0. The lowest BCUT2D eigenvalue weighted by Crippen LogP contribution is -2.16. The topological polar surface area (TPSA) is 110 Å². The molecule has 4 N–H and O–H groups in total. The van der Waals surface area contributed by atoms with E-state index in [0.717, 1.165) is 12.8 Å². The summed E-state index contributed by atoms with van der Waals surface area (Å²) in [7, 11) is 0. The van der Waals surface area contributed by atoms with Gasteiger partial charge in [0.05, 0.1) is 0 Å². The lowest BCUT2D eigenvalue weighted by Gasteiger charge is -2.08. The largest absolute Gasteiger partial charge is 0.382 e. The van der Waals surface area contributed by atoms with Gasteiger partial charge < -0.3 is 16.4 Å². The standard InChI is InChI=1S/C15H15N5O2/c16-13-12(17-7-8-18-13)15(22)20-11-5-3-10(4-6-11)19-14(21)9-1-2-9/h3-9H,1-2H2,(H2,16,18)(H,19,21)(H,20,22). The van der Waals surface area contributed by atoms with E-state index in [9.17, 15) is 9.59 Å². The average molecular weight is 297 g/mol. The molecule has 0 radical (unpaired) electrons. The van der Waals surface area contributed by atoms with Crippen molar-refractivity contribution in [2.75, 3.05) is 16.4 Å². The van der Waals surface area contributed by atoms with Gasteiger partial charge in [0.2, 0.25) is 5.91 Å². The minimum Gasteiger partial charge on any atom is -0.382 e. The van der Waals surface area contributed by atoms with Crippen LogP contribution in [0.4, 0.5) is 17.2 Å². The van der Waals surface area contributed by atoms with Crippen LogP contribution in [0.2, 0.25) is 0 Å². The van der Waals surface area contributed by atoms with Crippen LogP contribution < -0.4 is 16.4 Å². The quantitative estimate of drug-likeness (QED) is 0.795. The number of nitrogens with one attached hydrogen (secondary N) is 2. The number of nitrogen functional groups attached to an aromatic ring is 1. The number of anilines is 3. The summed E-state index contributed by atoms with van der Waals surface area (Å²) < 4.78 is 0. The van der Waals surface area contributed by atoms with Crippen molar-refractivity contribution in [3.63, 3.8) is 0 Å². The van der Waals surface area contributed by atoms with Gasteiger partial charge in [-0.05, 0) is 37.1 Å². The second-order valence-corrected chi connectivity index (χ2v) is 5.09. The Morgan fingerprint density at radius 1 is 1.00 bits per heavy atom. The summed E-state index contributed by atoms with van der Waals surface area (Å²) in [5.74, 6) is -0.156. The van der Waals surface area contributed by atoms with Gasteiger partial charge in [0, 0.05) is 29.7 Å². The van der Waals surface area contributed by atoms with Crippen molar-refractivity contribution >= 4 is 29.0 Å². The van der Waals surface area contributed by atoms with Gasteiger partial charge in [-0.25, -0.2) is 9.97 Å². The number of amides is 2. The minimum atomic E-state index is -0.430. The van der Waals surface area contributed by atoms with Crippen LogP contribution >= 0.6 is 0 Å². The Bertz CT molecular complexity index is 710.